The Morgan fingerprint density at radius 3 is 2.87 bits per heavy atom. The first-order valence-corrected chi connectivity index (χ1v) is 11.8. The highest BCUT2D eigenvalue weighted by molar-refractivity contribution is 8.00. The number of thiazole rings is 1. The lowest BCUT2D eigenvalue weighted by atomic mass is 10.2. The average Bonchev–Trinajstić information content (AvgIpc) is 3.40. The number of hydrogen-bond acceptors (Lipinski definition) is 5. The number of amides is 1. The second-order valence-electron chi connectivity index (χ2n) is 6.87. The third-order valence-electron chi connectivity index (χ3n) is 4.63. The van der Waals surface area contributed by atoms with Crippen molar-refractivity contribution in [2.45, 2.75) is 24.8 Å². The number of thioether (sulfide) groups is 1. The molecule has 0 saturated heterocycles. The number of nitrogens with zero attached hydrogens (tertiary/aromatic N) is 4. The fourth-order valence-electron chi connectivity index (χ4n) is 3.16. The average molecular weight is 457 g/mol. The predicted octanol–water partition coefficient (Wildman–Crippen LogP) is 5.67. The zero-order valence-electron chi connectivity index (χ0n) is 16.5. The van der Waals surface area contributed by atoms with Crippen molar-refractivity contribution in [3.05, 3.63) is 71.8 Å². The van der Waals surface area contributed by atoms with Crippen LogP contribution in [0.5, 0.6) is 0 Å². The Labute approximate surface area is 188 Å². The minimum atomic E-state index is 0.0530. The minimum Gasteiger partial charge on any atom is -0.337 e. The Kier molecular flexibility index (Phi) is 6.72. The van der Waals surface area contributed by atoms with Gasteiger partial charge in [0, 0.05) is 35.4 Å². The maximum Gasteiger partial charge on any atom is 0.239 e. The molecule has 0 aliphatic carbocycles. The Balaban J connectivity index is 1.54. The summed E-state index contributed by atoms with van der Waals surface area (Å²) < 4.78 is 3.02. The second kappa shape index (κ2) is 9.64. The van der Waals surface area contributed by atoms with Gasteiger partial charge in [-0.25, -0.2) is 9.97 Å². The molecule has 1 amide bonds. The number of imidazole rings is 1. The molecule has 0 aliphatic rings. The van der Waals surface area contributed by atoms with Crippen LogP contribution < -0.4 is 4.90 Å². The van der Waals surface area contributed by atoms with Crippen LogP contribution in [0.25, 0.3) is 10.2 Å². The van der Waals surface area contributed by atoms with Crippen LogP contribution in [-0.4, -0.2) is 32.7 Å². The molecule has 0 radical (unpaired) electrons. The van der Waals surface area contributed by atoms with Gasteiger partial charge in [-0.1, -0.05) is 41.1 Å². The van der Waals surface area contributed by atoms with Crippen LogP contribution in [-0.2, 0) is 11.3 Å². The van der Waals surface area contributed by atoms with Crippen LogP contribution in [0.2, 0.25) is 5.02 Å². The second-order valence-corrected chi connectivity index (χ2v) is 9.36. The summed E-state index contributed by atoms with van der Waals surface area (Å²) in [5, 5.41) is 1.41. The molecule has 2 heterocycles. The van der Waals surface area contributed by atoms with Crippen molar-refractivity contribution < 1.29 is 4.79 Å². The number of anilines is 1. The van der Waals surface area contributed by atoms with E-state index in [1.54, 1.807) is 24.3 Å². The van der Waals surface area contributed by atoms with Crippen molar-refractivity contribution in [2.24, 2.45) is 0 Å². The molecule has 0 spiro atoms. The third kappa shape index (κ3) is 5.03. The van der Waals surface area contributed by atoms with E-state index in [-0.39, 0.29) is 5.91 Å². The molecule has 0 unspecified atom stereocenters. The number of halogens is 1. The highest BCUT2D eigenvalue weighted by Crippen LogP contribution is 2.33. The Bertz CT molecular complexity index is 1130. The highest BCUT2D eigenvalue weighted by Gasteiger charge is 2.20. The predicted molar refractivity (Wildman–Crippen MR) is 126 cm³/mol. The molecule has 4 aromatic rings. The molecule has 30 heavy (non-hydrogen) atoms. The fraction of sp³-hybridized carbons (Fsp3) is 0.227. The van der Waals surface area contributed by atoms with Crippen molar-refractivity contribution in [1.82, 2.24) is 14.5 Å². The topological polar surface area (TPSA) is 51.0 Å². The third-order valence-corrected chi connectivity index (χ3v) is 6.87. The Morgan fingerprint density at radius 2 is 2.10 bits per heavy atom. The highest BCUT2D eigenvalue weighted by atomic mass is 35.5. The number of carbonyl (C=O) groups excluding carboxylic acids is 1. The summed E-state index contributed by atoms with van der Waals surface area (Å²) in [4.78, 5) is 24.9. The molecule has 0 fully saturated rings. The molecular formula is C22H21ClN4OS2. The van der Waals surface area contributed by atoms with Gasteiger partial charge in [0.15, 0.2) is 5.13 Å². The van der Waals surface area contributed by atoms with E-state index in [1.807, 2.05) is 65.1 Å². The molecule has 0 saturated carbocycles. The van der Waals surface area contributed by atoms with Crippen molar-refractivity contribution in [3.63, 3.8) is 0 Å². The summed E-state index contributed by atoms with van der Waals surface area (Å²) in [5.41, 5.74) is 1.92. The zero-order valence-corrected chi connectivity index (χ0v) is 18.9. The summed E-state index contributed by atoms with van der Waals surface area (Å²) in [6.45, 7) is 3.39. The van der Waals surface area contributed by atoms with E-state index >= 15 is 0 Å². The van der Waals surface area contributed by atoms with Crippen molar-refractivity contribution >= 4 is 56.0 Å². The SMILES string of the molecule is Cc1cc(Cl)cc2sc(N(CCCn3ccnc3)C(=O)CSc3ccccc3)nc12. The van der Waals surface area contributed by atoms with Gasteiger partial charge in [-0.3, -0.25) is 9.69 Å². The van der Waals surface area contributed by atoms with Gasteiger partial charge >= 0.3 is 0 Å². The maximum absolute atomic E-state index is 13.2. The van der Waals surface area contributed by atoms with E-state index < -0.39 is 0 Å². The normalized spacial score (nSPS) is 11.1. The standard InChI is InChI=1S/C22H21ClN4OS2/c1-16-12-17(23)13-19-21(16)25-22(30-19)27(10-5-9-26-11-8-24-15-26)20(28)14-29-18-6-3-2-4-7-18/h2-4,6-8,11-13,15H,5,9-10,14H2,1H3. The van der Waals surface area contributed by atoms with Crippen LogP contribution in [0, 0.1) is 6.92 Å². The van der Waals surface area contributed by atoms with Gasteiger partial charge < -0.3 is 4.57 Å². The van der Waals surface area contributed by atoms with Gasteiger partial charge in [0.2, 0.25) is 5.91 Å². The van der Waals surface area contributed by atoms with Crippen molar-refractivity contribution in [3.8, 4) is 0 Å². The molecule has 0 N–H and O–H groups in total. The molecule has 5 nitrogen and oxygen atoms in total. The number of carbonyl (C=O) groups is 1. The van der Waals surface area contributed by atoms with Crippen LogP contribution >= 0.6 is 34.7 Å². The summed E-state index contributed by atoms with van der Waals surface area (Å²) in [7, 11) is 0. The van der Waals surface area contributed by atoms with E-state index in [9.17, 15) is 4.79 Å². The lowest BCUT2D eigenvalue weighted by Gasteiger charge is -2.20. The number of fused-ring (bicyclic) bond motifs is 1. The van der Waals surface area contributed by atoms with E-state index in [0.717, 1.165) is 38.8 Å². The van der Waals surface area contributed by atoms with Crippen LogP contribution in [0.3, 0.4) is 0 Å². The van der Waals surface area contributed by atoms with Gasteiger partial charge in [-0.15, -0.1) is 11.8 Å². The molecule has 2 aromatic heterocycles. The van der Waals surface area contributed by atoms with Crippen molar-refractivity contribution in [2.75, 3.05) is 17.2 Å². The zero-order chi connectivity index (χ0) is 20.9. The first-order valence-electron chi connectivity index (χ1n) is 9.61. The van der Waals surface area contributed by atoms with Gasteiger partial charge in [-0.05, 0) is 43.2 Å². The first kappa shape index (κ1) is 20.9. The maximum atomic E-state index is 13.2. The van der Waals surface area contributed by atoms with Gasteiger partial charge in [0.25, 0.3) is 0 Å². The molecule has 2 aromatic carbocycles. The van der Waals surface area contributed by atoms with Crippen molar-refractivity contribution in [1.29, 1.82) is 0 Å². The number of benzene rings is 2. The van der Waals surface area contributed by atoms with Crippen LogP contribution in [0.1, 0.15) is 12.0 Å². The van der Waals surface area contributed by atoms with Crippen LogP contribution in [0.4, 0.5) is 5.13 Å². The quantitative estimate of drug-likeness (QED) is 0.320. The van der Waals surface area contributed by atoms with Gasteiger partial charge in [0.1, 0.15) is 0 Å². The molecule has 0 aliphatic heterocycles. The largest absolute Gasteiger partial charge is 0.337 e. The number of hydrogen-bond donors (Lipinski definition) is 0. The molecular weight excluding hydrogens is 436 g/mol. The van der Waals surface area contributed by atoms with Gasteiger partial charge in [-0.2, -0.15) is 0 Å². The van der Waals surface area contributed by atoms with E-state index in [4.69, 9.17) is 16.6 Å². The number of aromatic nitrogens is 3. The lowest BCUT2D eigenvalue weighted by molar-refractivity contribution is -0.116. The van der Waals surface area contributed by atoms with Crippen LogP contribution in [0.15, 0.2) is 66.1 Å². The van der Waals surface area contributed by atoms with Gasteiger partial charge in [0.05, 0.1) is 22.3 Å². The molecule has 154 valence electrons. The molecule has 8 heteroatoms. The Morgan fingerprint density at radius 1 is 1.27 bits per heavy atom. The lowest BCUT2D eigenvalue weighted by Crippen LogP contribution is -2.33. The monoisotopic (exact) mass is 456 g/mol. The smallest absolute Gasteiger partial charge is 0.239 e. The molecule has 0 atom stereocenters. The molecule has 0 bridgehead atoms. The summed E-state index contributed by atoms with van der Waals surface area (Å²) in [6.07, 6.45) is 6.30. The van der Waals surface area contributed by atoms with E-state index in [1.165, 1.54) is 11.3 Å². The van der Waals surface area contributed by atoms with E-state index in [2.05, 4.69) is 4.98 Å². The summed E-state index contributed by atoms with van der Waals surface area (Å²) in [6, 6.07) is 13.8. The first-order chi connectivity index (χ1) is 14.6. The summed E-state index contributed by atoms with van der Waals surface area (Å²) in [5.74, 6) is 0.419. The fourth-order valence-corrected chi connectivity index (χ4v) is 5.41. The van der Waals surface area contributed by atoms with E-state index in [0.29, 0.717) is 17.3 Å². The summed E-state index contributed by atoms with van der Waals surface area (Å²) >= 11 is 9.28. The molecule has 4 rings (SSSR count). The Hall–Kier alpha value is -2.35. The number of aryl methyl sites for hydroxylation is 2. The minimum absolute atomic E-state index is 0.0530. The number of rotatable bonds is 8.